The van der Waals surface area contributed by atoms with E-state index in [4.69, 9.17) is 4.74 Å². The van der Waals surface area contributed by atoms with Crippen molar-refractivity contribution in [3.8, 4) is 5.75 Å². The van der Waals surface area contributed by atoms with Crippen LogP contribution in [0.4, 0.5) is 4.39 Å². The van der Waals surface area contributed by atoms with Gasteiger partial charge < -0.3 is 15.0 Å². The predicted molar refractivity (Wildman–Crippen MR) is 107 cm³/mol. The first-order valence-corrected chi connectivity index (χ1v) is 10.1. The first-order chi connectivity index (χ1) is 14.1. The summed E-state index contributed by atoms with van der Waals surface area (Å²) in [6, 6.07) is 13.4. The first kappa shape index (κ1) is 19.4. The molecule has 0 unspecified atom stereocenters. The van der Waals surface area contributed by atoms with Gasteiger partial charge in [0, 0.05) is 18.9 Å². The summed E-state index contributed by atoms with van der Waals surface area (Å²) in [5.41, 5.74) is 1.08. The molecule has 2 heterocycles. The van der Waals surface area contributed by atoms with Gasteiger partial charge in [0.2, 0.25) is 5.91 Å². The molecular formula is C23H25FN2O3. The van der Waals surface area contributed by atoms with E-state index in [0.29, 0.717) is 13.0 Å². The molecule has 0 spiro atoms. The summed E-state index contributed by atoms with van der Waals surface area (Å²) in [7, 11) is 1.61. The van der Waals surface area contributed by atoms with E-state index in [1.807, 2.05) is 24.3 Å². The van der Waals surface area contributed by atoms with Crippen LogP contribution in [-0.4, -0.2) is 42.5 Å². The van der Waals surface area contributed by atoms with Crippen LogP contribution in [0.3, 0.4) is 0 Å². The van der Waals surface area contributed by atoms with E-state index in [-0.39, 0.29) is 35.4 Å². The summed E-state index contributed by atoms with van der Waals surface area (Å²) >= 11 is 0. The molecule has 2 aromatic rings. The Labute approximate surface area is 169 Å². The highest BCUT2D eigenvalue weighted by Gasteiger charge is 2.46. The predicted octanol–water partition coefficient (Wildman–Crippen LogP) is 3.50. The maximum absolute atomic E-state index is 14.3. The smallest absolute Gasteiger partial charge is 0.257 e. The molecule has 0 aromatic heterocycles. The van der Waals surface area contributed by atoms with Gasteiger partial charge in [-0.25, -0.2) is 4.39 Å². The van der Waals surface area contributed by atoms with Crippen LogP contribution in [0.15, 0.2) is 48.5 Å². The van der Waals surface area contributed by atoms with E-state index in [9.17, 15) is 14.0 Å². The molecule has 2 amide bonds. The molecule has 2 aliphatic rings. The van der Waals surface area contributed by atoms with Crippen molar-refractivity contribution in [3.05, 3.63) is 65.5 Å². The first-order valence-electron chi connectivity index (χ1n) is 10.1. The van der Waals surface area contributed by atoms with Gasteiger partial charge >= 0.3 is 0 Å². The molecule has 6 heteroatoms. The van der Waals surface area contributed by atoms with Crippen molar-refractivity contribution in [2.24, 2.45) is 0 Å². The van der Waals surface area contributed by atoms with Gasteiger partial charge in [0.1, 0.15) is 11.6 Å². The number of hydrogen-bond donors (Lipinski definition) is 1. The zero-order valence-electron chi connectivity index (χ0n) is 16.4. The number of nitrogens with one attached hydrogen (secondary N) is 1. The number of carbonyl (C=O) groups is 2. The van der Waals surface area contributed by atoms with Gasteiger partial charge in [-0.05, 0) is 42.7 Å². The summed E-state index contributed by atoms with van der Waals surface area (Å²) in [5, 5.41) is 3.15. The third-order valence-corrected chi connectivity index (χ3v) is 6.01. The highest BCUT2D eigenvalue weighted by Crippen LogP contribution is 2.37. The fraction of sp³-hybridized carbons (Fsp3) is 0.391. The Kier molecular flexibility index (Phi) is 5.51. The lowest BCUT2D eigenvalue weighted by atomic mass is 9.88. The zero-order chi connectivity index (χ0) is 20.4. The van der Waals surface area contributed by atoms with Crippen molar-refractivity contribution in [1.82, 2.24) is 10.2 Å². The van der Waals surface area contributed by atoms with E-state index in [1.165, 1.54) is 12.1 Å². The average molecular weight is 396 g/mol. The van der Waals surface area contributed by atoms with Gasteiger partial charge in [0.05, 0.1) is 24.8 Å². The normalized spacial score (nSPS) is 24.3. The zero-order valence-corrected chi connectivity index (χ0v) is 16.4. The van der Waals surface area contributed by atoms with Gasteiger partial charge in [-0.15, -0.1) is 0 Å². The van der Waals surface area contributed by atoms with Gasteiger partial charge in [0.15, 0.2) is 0 Å². The van der Waals surface area contributed by atoms with Crippen molar-refractivity contribution >= 4 is 11.8 Å². The fourth-order valence-electron chi connectivity index (χ4n) is 4.56. The van der Waals surface area contributed by atoms with E-state index in [2.05, 4.69) is 5.32 Å². The van der Waals surface area contributed by atoms with Crippen molar-refractivity contribution in [2.75, 3.05) is 13.7 Å². The average Bonchev–Trinajstić information content (AvgIpc) is 3.06. The summed E-state index contributed by atoms with van der Waals surface area (Å²) in [6.45, 7) is 0.427. The van der Waals surface area contributed by atoms with Crippen LogP contribution in [0.2, 0.25) is 0 Å². The van der Waals surface area contributed by atoms with Gasteiger partial charge in [-0.2, -0.15) is 0 Å². The van der Waals surface area contributed by atoms with Crippen molar-refractivity contribution in [1.29, 1.82) is 0 Å². The third kappa shape index (κ3) is 3.84. The maximum atomic E-state index is 14.3. The number of halogens is 1. The molecule has 0 radical (unpaired) electrons. The standard InChI is InChI=1S/C23H25FN2O3/c1-29-16-8-6-7-15(13-16)18-14-26(23(28)17-9-2-3-10-19(17)24)20-11-4-5-12-21(27)25-22(18)20/h2-3,6-10,13,18,20,22H,4-5,11-12,14H2,1H3,(H,25,27)/t18-,20+,22-/m0/s1. The molecule has 1 N–H and O–H groups in total. The van der Waals surface area contributed by atoms with Crippen LogP contribution < -0.4 is 10.1 Å². The number of likely N-dealkylation sites (tertiary alicyclic amines) is 1. The molecule has 0 saturated carbocycles. The lowest BCUT2D eigenvalue weighted by Gasteiger charge is -2.31. The largest absolute Gasteiger partial charge is 0.497 e. The van der Waals surface area contributed by atoms with Crippen LogP contribution >= 0.6 is 0 Å². The Morgan fingerprint density at radius 3 is 2.79 bits per heavy atom. The van der Waals surface area contributed by atoms with Crippen molar-refractivity contribution in [2.45, 2.75) is 43.7 Å². The topological polar surface area (TPSA) is 58.6 Å². The molecule has 5 nitrogen and oxygen atoms in total. The Morgan fingerprint density at radius 2 is 2.00 bits per heavy atom. The molecule has 4 rings (SSSR count). The Morgan fingerprint density at radius 1 is 1.17 bits per heavy atom. The summed E-state index contributed by atoms with van der Waals surface area (Å²) in [6.07, 6.45) is 2.93. The molecule has 2 fully saturated rings. The molecule has 0 aliphatic carbocycles. The summed E-state index contributed by atoms with van der Waals surface area (Å²) < 4.78 is 19.7. The highest BCUT2D eigenvalue weighted by molar-refractivity contribution is 5.95. The monoisotopic (exact) mass is 396 g/mol. The number of amides is 2. The van der Waals surface area contributed by atoms with Crippen LogP contribution in [-0.2, 0) is 4.79 Å². The molecule has 2 saturated heterocycles. The van der Waals surface area contributed by atoms with Crippen LogP contribution in [0, 0.1) is 5.82 Å². The lowest BCUT2D eigenvalue weighted by Crippen LogP contribution is -2.48. The molecular weight excluding hydrogens is 371 g/mol. The molecule has 29 heavy (non-hydrogen) atoms. The second-order valence-electron chi connectivity index (χ2n) is 7.73. The van der Waals surface area contributed by atoms with E-state index in [0.717, 1.165) is 30.6 Å². The maximum Gasteiger partial charge on any atom is 0.257 e. The van der Waals surface area contributed by atoms with Gasteiger partial charge in [0.25, 0.3) is 5.91 Å². The van der Waals surface area contributed by atoms with Gasteiger partial charge in [-0.3, -0.25) is 9.59 Å². The fourth-order valence-corrected chi connectivity index (χ4v) is 4.56. The van der Waals surface area contributed by atoms with Crippen molar-refractivity contribution in [3.63, 3.8) is 0 Å². The van der Waals surface area contributed by atoms with E-state index < -0.39 is 5.82 Å². The van der Waals surface area contributed by atoms with Crippen LogP contribution in [0.5, 0.6) is 5.75 Å². The molecule has 2 aliphatic heterocycles. The third-order valence-electron chi connectivity index (χ3n) is 6.01. The number of nitrogens with zero attached hydrogens (tertiary/aromatic N) is 1. The number of carbonyl (C=O) groups excluding carboxylic acids is 2. The molecule has 2 aromatic carbocycles. The SMILES string of the molecule is COc1cccc([C@@H]2CN(C(=O)c3ccccc3F)[C@@H]3CCCCC(=O)N[C@H]32)c1. The van der Waals surface area contributed by atoms with E-state index in [1.54, 1.807) is 24.1 Å². The summed E-state index contributed by atoms with van der Waals surface area (Å²) in [5.74, 6) is -0.178. The van der Waals surface area contributed by atoms with Crippen molar-refractivity contribution < 1.29 is 18.7 Å². The molecule has 3 atom stereocenters. The Balaban J connectivity index is 1.71. The number of fused-ring (bicyclic) bond motifs is 1. The highest BCUT2D eigenvalue weighted by atomic mass is 19.1. The minimum Gasteiger partial charge on any atom is -0.497 e. The minimum absolute atomic E-state index is 0.00721. The lowest BCUT2D eigenvalue weighted by molar-refractivity contribution is -0.122. The molecule has 0 bridgehead atoms. The Bertz CT molecular complexity index is 917. The number of methoxy groups -OCH3 is 1. The number of benzene rings is 2. The minimum atomic E-state index is -0.520. The summed E-state index contributed by atoms with van der Waals surface area (Å²) in [4.78, 5) is 27.4. The number of rotatable bonds is 3. The van der Waals surface area contributed by atoms with Gasteiger partial charge in [-0.1, -0.05) is 30.7 Å². The number of hydrogen-bond acceptors (Lipinski definition) is 3. The van der Waals surface area contributed by atoms with Crippen LogP contribution in [0.25, 0.3) is 0 Å². The number of ether oxygens (including phenoxy) is 1. The van der Waals surface area contributed by atoms with Crippen LogP contribution in [0.1, 0.15) is 47.5 Å². The molecule has 152 valence electrons. The quantitative estimate of drug-likeness (QED) is 0.864. The second kappa shape index (κ2) is 8.23. The Hall–Kier alpha value is -2.89. The second-order valence-corrected chi connectivity index (χ2v) is 7.73. The van der Waals surface area contributed by atoms with E-state index >= 15 is 0 Å².